The van der Waals surface area contributed by atoms with Crippen LogP contribution in [0.25, 0.3) is 16.0 Å². The van der Waals surface area contributed by atoms with Crippen molar-refractivity contribution in [2.45, 2.75) is 19.4 Å². The van der Waals surface area contributed by atoms with Gasteiger partial charge >= 0.3 is 5.91 Å². The number of fused-ring (bicyclic) bond motifs is 1. The molecule has 1 unspecified atom stereocenters. The number of aliphatic hydroxyl groups excluding tert-OH is 1. The molecule has 3 aromatic carbocycles. The standard InChI is InChI=1S/C26H18ClN3O5S/c1-2-14-3-12-19-20(13-14)36-26(28-19)29-22(15-6-10-18(11-7-15)30(34)35)21(24(32)25(29)33)23(31)16-4-8-17(27)9-5-16/h3-13,22,31H,2H2,1H3. The molecule has 10 heteroatoms. The molecule has 0 saturated carbocycles. The first-order chi connectivity index (χ1) is 17.3. The highest BCUT2D eigenvalue weighted by Gasteiger charge is 2.48. The lowest BCUT2D eigenvalue weighted by atomic mass is 9.95. The lowest BCUT2D eigenvalue weighted by Crippen LogP contribution is -2.29. The summed E-state index contributed by atoms with van der Waals surface area (Å²) in [5.41, 5.74) is 2.24. The highest BCUT2D eigenvalue weighted by molar-refractivity contribution is 7.22. The largest absolute Gasteiger partial charge is 0.507 e. The number of carbonyl (C=O) groups excluding carboxylic acids is 2. The quantitative estimate of drug-likeness (QED) is 0.113. The Bertz CT molecular complexity index is 1560. The maximum absolute atomic E-state index is 13.3. The summed E-state index contributed by atoms with van der Waals surface area (Å²) in [7, 11) is 0. The Balaban J connectivity index is 1.71. The fourth-order valence-corrected chi connectivity index (χ4v) is 5.35. The van der Waals surface area contributed by atoms with Crippen molar-refractivity contribution < 1.29 is 19.6 Å². The lowest BCUT2D eigenvalue weighted by Gasteiger charge is -2.22. The van der Waals surface area contributed by atoms with Gasteiger partial charge in [0, 0.05) is 22.7 Å². The molecule has 1 aromatic heterocycles. The number of aryl methyl sites for hydroxylation is 1. The van der Waals surface area contributed by atoms with Crippen molar-refractivity contribution in [2.24, 2.45) is 0 Å². The van der Waals surface area contributed by atoms with E-state index in [2.05, 4.69) is 4.98 Å². The zero-order valence-corrected chi connectivity index (χ0v) is 20.4. The molecule has 36 heavy (non-hydrogen) atoms. The number of ketones is 1. The number of anilines is 1. The molecular weight excluding hydrogens is 502 g/mol. The maximum Gasteiger partial charge on any atom is 0.301 e. The number of hydrogen-bond donors (Lipinski definition) is 1. The molecule has 1 amide bonds. The molecule has 5 rings (SSSR count). The number of nitro benzene ring substituents is 1. The summed E-state index contributed by atoms with van der Waals surface area (Å²) in [4.78, 5) is 43.1. The van der Waals surface area contributed by atoms with Crippen LogP contribution in [-0.4, -0.2) is 26.7 Å². The van der Waals surface area contributed by atoms with Crippen LogP contribution in [0.1, 0.15) is 29.7 Å². The SMILES string of the molecule is CCc1ccc2nc(N3C(=O)C(=O)C(=C(O)c4ccc(Cl)cc4)C3c3ccc([N+](=O)[O-])cc3)sc2c1. The van der Waals surface area contributed by atoms with Crippen molar-refractivity contribution in [2.75, 3.05) is 4.90 Å². The summed E-state index contributed by atoms with van der Waals surface area (Å²) in [6, 6.07) is 16.5. The van der Waals surface area contributed by atoms with Crippen LogP contribution in [0.2, 0.25) is 5.02 Å². The Kier molecular flexibility index (Phi) is 6.03. The van der Waals surface area contributed by atoms with Crippen LogP contribution in [0.5, 0.6) is 0 Å². The van der Waals surface area contributed by atoms with E-state index in [-0.39, 0.29) is 17.0 Å². The number of amides is 1. The zero-order chi connectivity index (χ0) is 25.6. The van der Waals surface area contributed by atoms with E-state index < -0.39 is 22.7 Å². The first-order valence-electron chi connectivity index (χ1n) is 11.0. The molecule has 1 aliphatic rings. The summed E-state index contributed by atoms with van der Waals surface area (Å²) in [5.74, 6) is -2.09. The van der Waals surface area contributed by atoms with Crippen LogP contribution < -0.4 is 4.90 Å². The van der Waals surface area contributed by atoms with Gasteiger partial charge in [0.05, 0.1) is 26.8 Å². The van der Waals surface area contributed by atoms with Crippen LogP contribution in [0.15, 0.2) is 72.3 Å². The minimum atomic E-state index is -1.03. The van der Waals surface area contributed by atoms with E-state index in [1.165, 1.54) is 40.5 Å². The molecular formula is C26H18ClN3O5S. The third-order valence-electron chi connectivity index (χ3n) is 6.04. The predicted molar refractivity (Wildman–Crippen MR) is 138 cm³/mol. The van der Waals surface area contributed by atoms with Crippen molar-refractivity contribution in [3.63, 3.8) is 0 Å². The number of aliphatic hydroxyl groups is 1. The maximum atomic E-state index is 13.3. The second-order valence-electron chi connectivity index (χ2n) is 8.18. The Morgan fingerprint density at radius 3 is 2.44 bits per heavy atom. The molecule has 0 aliphatic carbocycles. The van der Waals surface area contributed by atoms with Gasteiger partial charge < -0.3 is 5.11 Å². The van der Waals surface area contributed by atoms with E-state index in [1.807, 2.05) is 25.1 Å². The van der Waals surface area contributed by atoms with E-state index in [0.29, 0.717) is 26.8 Å². The summed E-state index contributed by atoms with van der Waals surface area (Å²) in [5, 5.41) is 23.1. The van der Waals surface area contributed by atoms with Crippen LogP contribution in [0.3, 0.4) is 0 Å². The number of halogens is 1. The Hall–Kier alpha value is -4.08. The monoisotopic (exact) mass is 519 g/mol. The van der Waals surface area contributed by atoms with Crippen molar-refractivity contribution >= 4 is 61.4 Å². The minimum absolute atomic E-state index is 0.135. The number of nitro groups is 1. The van der Waals surface area contributed by atoms with Crippen molar-refractivity contribution in [3.8, 4) is 0 Å². The first kappa shape index (κ1) is 23.7. The van der Waals surface area contributed by atoms with Gasteiger partial charge in [-0.15, -0.1) is 0 Å². The summed E-state index contributed by atoms with van der Waals surface area (Å²) >= 11 is 7.23. The fraction of sp³-hybridized carbons (Fsp3) is 0.115. The Morgan fingerprint density at radius 1 is 1.11 bits per heavy atom. The minimum Gasteiger partial charge on any atom is -0.507 e. The molecule has 8 nitrogen and oxygen atoms in total. The molecule has 1 atom stereocenters. The number of aromatic nitrogens is 1. The number of nitrogens with zero attached hydrogens (tertiary/aromatic N) is 3. The van der Waals surface area contributed by atoms with Gasteiger partial charge in [0.2, 0.25) is 0 Å². The number of hydrogen-bond acceptors (Lipinski definition) is 7. The normalized spacial score (nSPS) is 17.2. The van der Waals surface area contributed by atoms with Gasteiger partial charge in [-0.1, -0.05) is 35.9 Å². The molecule has 0 spiro atoms. The van der Waals surface area contributed by atoms with Gasteiger partial charge in [-0.3, -0.25) is 24.6 Å². The molecule has 1 saturated heterocycles. The second-order valence-corrected chi connectivity index (χ2v) is 9.62. The van der Waals surface area contributed by atoms with Gasteiger partial charge in [0.25, 0.3) is 11.5 Å². The number of non-ortho nitro benzene ring substituents is 1. The molecule has 180 valence electrons. The number of thiazole rings is 1. The first-order valence-corrected chi connectivity index (χ1v) is 12.2. The Labute approximate surface area is 214 Å². The molecule has 2 heterocycles. The predicted octanol–water partition coefficient (Wildman–Crippen LogP) is 6.05. The van der Waals surface area contributed by atoms with Crippen LogP contribution in [0.4, 0.5) is 10.8 Å². The van der Waals surface area contributed by atoms with Crippen molar-refractivity contribution in [1.29, 1.82) is 0 Å². The molecule has 1 N–H and O–H groups in total. The number of carbonyl (C=O) groups is 2. The van der Waals surface area contributed by atoms with E-state index in [1.54, 1.807) is 24.3 Å². The van der Waals surface area contributed by atoms with Gasteiger partial charge in [-0.2, -0.15) is 0 Å². The van der Waals surface area contributed by atoms with Crippen molar-refractivity contribution in [1.82, 2.24) is 4.98 Å². The van der Waals surface area contributed by atoms with Gasteiger partial charge in [-0.05, 0) is 66.1 Å². The lowest BCUT2D eigenvalue weighted by molar-refractivity contribution is -0.384. The number of rotatable bonds is 5. The van der Waals surface area contributed by atoms with Crippen LogP contribution in [-0.2, 0) is 16.0 Å². The number of benzene rings is 3. The summed E-state index contributed by atoms with van der Waals surface area (Å²) < 4.78 is 0.853. The van der Waals surface area contributed by atoms with E-state index >= 15 is 0 Å². The average molecular weight is 520 g/mol. The van der Waals surface area contributed by atoms with Crippen LogP contribution in [0, 0.1) is 10.1 Å². The van der Waals surface area contributed by atoms with Gasteiger partial charge in [0.1, 0.15) is 5.76 Å². The highest BCUT2D eigenvalue weighted by atomic mass is 35.5. The Morgan fingerprint density at radius 2 is 1.81 bits per heavy atom. The third kappa shape index (κ3) is 4.02. The topological polar surface area (TPSA) is 114 Å². The van der Waals surface area contributed by atoms with Crippen LogP contribution >= 0.6 is 22.9 Å². The fourth-order valence-electron chi connectivity index (χ4n) is 4.17. The van der Waals surface area contributed by atoms with E-state index in [4.69, 9.17) is 11.6 Å². The van der Waals surface area contributed by atoms with Gasteiger partial charge in [-0.25, -0.2) is 4.98 Å². The smallest absolute Gasteiger partial charge is 0.301 e. The van der Waals surface area contributed by atoms with Crippen molar-refractivity contribution in [3.05, 3.63) is 104 Å². The molecule has 4 aromatic rings. The summed E-state index contributed by atoms with van der Waals surface area (Å²) in [6.45, 7) is 2.03. The van der Waals surface area contributed by atoms with E-state index in [9.17, 15) is 24.8 Å². The molecule has 1 fully saturated rings. The highest BCUT2D eigenvalue weighted by Crippen LogP contribution is 2.44. The third-order valence-corrected chi connectivity index (χ3v) is 7.31. The van der Waals surface area contributed by atoms with Gasteiger partial charge in [0.15, 0.2) is 5.13 Å². The zero-order valence-electron chi connectivity index (χ0n) is 18.8. The van der Waals surface area contributed by atoms with E-state index in [0.717, 1.165) is 16.7 Å². The molecule has 0 bridgehead atoms. The molecule has 1 aliphatic heterocycles. The average Bonchev–Trinajstić information content (AvgIpc) is 3.41. The molecule has 0 radical (unpaired) electrons. The number of Topliss-reactive ketones (excluding diaryl/α,β-unsaturated/α-hetero) is 1. The second kappa shape index (κ2) is 9.18. The summed E-state index contributed by atoms with van der Waals surface area (Å²) in [6.07, 6.45) is 0.831.